The molecule has 2 unspecified atom stereocenters. The number of halogens is 4. The van der Waals surface area contributed by atoms with E-state index in [-0.39, 0.29) is 0 Å². The monoisotopic (exact) mass is 362 g/mol. The number of alkyl halides is 3. The van der Waals surface area contributed by atoms with Gasteiger partial charge in [-0.3, -0.25) is 0 Å². The molecule has 0 bridgehead atoms. The van der Waals surface area contributed by atoms with E-state index in [1.54, 1.807) is 18.2 Å². The number of aliphatic hydroxyl groups is 2. The minimum Gasteiger partial charge on any atom is -0.382 e. The summed E-state index contributed by atoms with van der Waals surface area (Å²) in [6.07, 6.45) is -8.83. The summed E-state index contributed by atoms with van der Waals surface area (Å²) < 4.78 is 41.2. The second-order valence-corrected chi connectivity index (χ2v) is 4.54. The van der Waals surface area contributed by atoms with Crippen molar-refractivity contribution < 1.29 is 28.1 Å². The minimum absolute atomic E-state index is 0.339. The number of aliphatic hydroxyl groups excluding tert-OH is 2. The fourth-order valence-electron chi connectivity index (χ4n) is 1.03. The van der Waals surface area contributed by atoms with E-state index in [0.29, 0.717) is 5.56 Å². The Morgan fingerprint density at radius 2 is 1.94 bits per heavy atom. The van der Waals surface area contributed by atoms with Crippen molar-refractivity contribution in [2.24, 2.45) is 0 Å². The van der Waals surface area contributed by atoms with Crippen LogP contribution in [0, 0.1) is 3.57 Å². The highest BCUT2D eigenvalue weighted by Gasteiger charge is 2.38. The molecule has 17 heavy (non-hydrogen) atoms. The smallest absolute Gasteiger partial charge is 0.382 e. The first-order valence-electron chi connectivity index (χ1n) is 4.60. The molecule has 0 aliphatic carbocycles. The Labute approximate surface area is 109 Å². The van der Waals surface area contributed by atoms with Crippen LogP contribution in [-0.4, -0.2) is 29.1 Å². The SMILES string of the molecule is OC(OCC(O)C(F)(F)F)c1cccc(I)c1. The lowest BCUT2D eigenvalue weighted by atomic mass is 10.2. The maximum Gasteiger partial charge on any atom is 0.416 e. The molecule has 96 valence electrons. The first-order valence-corrected chi connectivity index (χ1v) is 5.68. The molecule has 1 aromatic carbocycles. The first-order chi connectivity index (χ1) is 7.80. The van der Waals surface area contributed by atoms with Crippen LogP contribution in [0.1, 0.15) is 11.9 Å². The highest BCUT2D eigenvalue weighted by molar-refractivity contribution is 14.1. The van der Waals surface area contributed by atoms with Crippen LogP contribution in [0.5, 0.6) is 0 Å². The standard InChI is InChI=1S/C10H10F3IO3/c11-10(12,13)8(15)5-17-9(16)6-2-1-3-7(14)4-6/h1-4,8-9,15-16H,5H2. The Bertz CT molecular complexity index is 370. The predicted octanol–water partition coefficient (Wildman–Crippen LogP) is 2.22. The molecule has 0 fully saturated rings. The second-order valence-electron chi connectivity index (χ2n) is 3.30. The lowest BCUT2D eigenvalue weighted by molar-refractivity contribution is -0.233. The number of rotatable bonds is 4. The van der Waals surface area contributed by atoms with Gasteiger partial charge in [0, 0.05) is 9.13 Å². The zero-order chi connectivity index (χ0) is 13.1. The molecule has 0 aliphatic heterocycles. The third-order valence-electron chi connectivity index (χ3n) is 1.92. The number of hydrogen-bond acceptors (Lipinski definition) is 3. The molecule has 0 spiro atoms. The van der Waals surface area contributed by atoms with E-state index in [1.807, 2.05) is 22.6 Å². The summed E-state index contributed by atoms with van der Waals surface area (Å²) in [7, 11) is 0. The van der Waals surface area contributed by atoms with Gasteiger partial charge in [-0.25, -0.2) is 0 Å². The van der Waals surface area contributed by atoms with Gasteiger partial charge in [0.05, 0.1) is 6.61 Å². The zero-order valence-corrected chi connectivity index (χ0v) is 10.6. The van der Waals surface area contributed by atoms with Crippen LogP contribution in [0.15, 0.2) is 24.3 Å². The topological polar surface area (TPSA) is 49.7 Å². The van der Waals surface area contributed by atoms with Gasteiger partial charge >= 0.3 is 6.18 Å². The summed E-state index contributed by atoms with van der Waals surface area (Å²) in [6, 6.07) is 6.50. The summed E-state index contributed by atoms with van der Waals surface area (Å²) in [4.78, 5) is 0. The van der Waals surface area contributed by atoms with Gasteiger partial charge in [-0.2, -0.15) is 13.2 Å². The molecule has 2 atom stereocenters. The number of benzene rings is 1. The van der Waals surface area contributed by atoms with Crippen molar-refractivity contribution in [2.45, 2.75) is 18.6 Å². The third-order valence-corrected chi connectivity index (χ3v) is 2.59. The molecule has 2 N–H and O–H groups in total. The largest absolute Gasteiger partial charge is 0.416 e. The molecule has 0 amide bonds. The molecule has 0 saturated heterocycles. The molecule has 0 aliphatic rings. The predicted molar refractivity (Wildman–Crippen MR) is 62.1 cm³/mol. The Hall–Kier alpha value is -0.380. The van der Waals surface area contributed by atoms with Crippen molar-refractivity contribution in [3.63, 3.8) is 0 Å². The quantitative estimate of drug-likeness (QED) is 0.638. The van der Waals surface area contributed by atoms with E-state index in [1.165, 1.54) is 6.07 Å². The Morgan fingerprint density at radius 1 is 1.29 bits per heavy atom. The zero-order valence-electron chi connectivity index (χ0n) is 8.49. The number of hydrogen-bond donors (Lipinski definition) is 2. The van der Waals surface area contributed by atoms with Gasteiger partial charge in [-0.1, -0.05) is 12.1 Å². The minimum atomic E-state index is -4.75. The Balaban J connectivity index is 2.53. The average Bonchev–Trinajstić information content (AvgIpc) is 2.24. The van der Waals surface area contributed by atoms with Crippen LogP contribution < -0.4 is 0 Å². The van der Waals surface area contributed by atoms with Crippen molar-refractivity contribution in [2.75, 3.05) is 6.61 Å². The van der Waals surface area contributed by atoms with Crippen LogP contribution in [0.3, 0.4) is 0 Å². The normalized spacial score (nSPS) is 15.6. The van der Waals surface area contributed by atoms with Gasteiger partial charge < -0.3 is 14.9 Å². The van der Waals surface area contributed by atoms with Gasteiger partial charge in [0.15, 0.2) is 12.4 Å². The van der Waals surface area contributed by atoms with Crippen molar-refractivity contribution in [3.8, 4) is 0 Å². The summed E-state index contributed by atoms with van der Waals surface area (Å²) in [5.41, 5.74) is 0.339. The Kier molecular flexibility index (Phi) is 5.17. The van der Waals surface area contributed by atoms with Crippen LogP contribution >= 0.6 is 22.6 Å². The molecule has 0 radical (unpaired) electrons. The number of ether oxygens (including phenoxy) is 1. The van der Waals surface area contributed by atoms with Gasteiger partial charge in [-0.15, -0.1) is 0 Å². The molecule has 7 heteroatoms. The molecule has 1 aromatic rings. The van der Waals surface area contributed by atoms with Crippen LogP contribution in [-0.2, 0) is 4.74 Å². The van der Waals surface area contributed by atoms with E-state index < -0.39 is 25.2 Å². The molecule has 1 rings (SSSR count). The molecular weight excluding hydrogens is 352 g/mol. The third kappa shape index (κ3) is 4.78. The van der Waals surface area contributed by atoms with Gasteiger partial charge in [-0.05, 0) is 34.7 Å². The van der Waals surface area contributed by atoms with Crippen LogP contribution in [0.4, 0.5) is 13.2 Å². The highest BCUT2D eigenvalue weighted by Crippen LogP contribution is 2.22. The van der Waals surface area contributed by atoms with Gasteiger partial charge in [0.25, 0.3) is 0 Å². The molecule has 0 aromatic heterocycles. The second kappa shape index (κ2) is 5.98. The fraction of sp³-hybridized carbons (Fsp3) is 0.400. The molecule has 3 nitrogen and oxygen atoms in total. The summed E-state index contributed by atoms with van der Waals surface area (Å²) >= 11 is 2.00. The van der Waals surface area contributed by atoms with Crippen LogP contribution in [0.25, 0.3) is 0 Å². The maximum absolute atomic E-state index is 12.0. The maximum atomic E-state index is 12.0. The summed E-state index contributed by atoms with van der Waals surface area (Å²) in [5, 5.41) is 18.1. The van der Waals surface area contributed by atoms with Crippen LogP contribution in [0.2, 0.25) is 0 Å². The van der Waals surface area contributed by atoms with Crippen molar-refractivity contribution in [1.29, 1.82) is 0 Å². The first kappa shape index (κ1) is 14.7. The lowest BCUT2D eigenvalue weighted by Crippen LogP contribution is -2.33. The van der Waals surface area contributed by atoms with Gasteiger partial charge in [0.2, 0.25) is 0 Å². The van der Waals surface area contributed by atoms with E-state index in [0.717, 1.165) is 3.57 Å². The Morgan fingerprint density at radius 3 is 2.47 bits per heavy atom. The van der Waals surface area contributed by atoms with E-state index in [4.69, 9.17) is 5.11 Å². The van der Waals surface area contributed by atoms with Gasteiger partial charge in [0.1, 0.15) is 0 Å². The van der Waals surface area contributed by atoms with Crippen molar-refractivity contribution >= 4 is 22.6 Å². The summed E-state index contributed by atoms with van der Waals surface area (Å²) in [6.45, 7) is -1.00. The lowest BCUT2D eigenvalue weighted by Gasteiger charge is -2.17. The van der Waals surface area contributed by atoms with E-state index in [2.05, 4.69) is 4.74 Å². The van der Waals surface area contributed by atoms with E-state index >= 15 is 0 Å². The average molecular weight is 362 g/mol. The van der Waals surface area contributed by atoms with E-state index in [9.17, 15) is 18.3 Å². The van der Waals surface area contributed by atoms with Crippen molar-refractivity contribution in [3.05, 3.63) is 33.4 Å². The highest BCUT2D eigenvalue weighted by atomic mass is 127. The fourth-order valence-corrected chi connectivity index (χ4v) is 1.60. The summed E-state index contributed by atoms with van der Waals surface area (Å²) in [5.74, 6) is 0. The molecule has 0 saturated carbocycles. The van der Waals surface area contributed by atoms with Crippen molar-refractivity contribution in [1.82, 2.24) is 0 Å². The molecular formula is C10H10F3IO3. The molecule has 0 heterocycles.